The number of halogens is 2. The zero-order chi connectivity index (χ0) is 19.4. The number of thioether (sulfide) groups is 1. The summed E-state index contributed by atoms with van der Waals surface area (Å²) in [6.07, 6.45) is 0.697. The minimum absolute atomic E-state index is 0.185. The molecule has 5 nitrogen and oxygen atoms in total. The van der Waals surface area contributed by atoms with Crippen LogP contribution in [0.3, 0.4) is 0 Å². The van der Waals surface area contributed by atoms with Gasteiger partial charge >= 0.3 is 6.03 Å². The lowest BCUT2D eigenvalue weighted by molar-refractivity contribution is -0.115. The molecule has 0 radical (unpaired) electrons. The van der Waals surface area contributed by atoms with E-state index in [2.05, 4.69) is 16.0 Å². The molecule has 1 unspecified atom stereocenters. The van der Waals surface area contributed by atoms with Gasteiger partial charge in [0.15, 0.2) is 0 Å². The summed E-state index contributed by atoms with van der Waals surface area (Å²) in [4.78, 5) is 25.2. The van der Waals surface area contributed by atoms with Crippen LogP contribution in [0.2, 0.25) is 5.02 Å². The summed E-state index contributed by atoms with van der Waals surface area (Å²) < 4.78 is 13.5. The number of carbonyl (C=O) groups excluding carboxylic acids is 2. The van der Waals surface area contributed by atoms with Gasteiger partial charge in [-0.05, 0) is 54.8 Å². The highest BCUT2D eigenvalue weighted by Crippen LogP contribution is 2.36. The second-order valence-electron chi connectivity index (χ2n) is 6.16. The summed E-state index contributed by atoms with van der Waals surface area (Å²) in [6, 6.07) is 9.05. The van der Waals surface area contributed by atoms with E-state index < -0.39 is 6.03 Å². The molecular weight excluding hydrogens is 389 g/mol. The Bertz CT molecular complexity index is 878. The van der Waals surface area contributed by atoms with Gasteiger partial charge in [0.25, 0.3) is 0 Å². The number of hydrogen-bond acceptors (Lipinski definition) is 3. The van der Waals surface area contributed by atoms with Crippen LogP contribution in [-0.2, 0) is 4.79 Å². The average Bonchev–Trinajstić information content (AvgIpc) is 2.64. The molecule has 2 aromatic carbocycles. The van der Waals surface area contributed by atoms with Crippen LogP contribution < -0.4 is 16.0 Å². The zero-order valence-corrected chi connectivity index (χ0v) is 16.2. The first kappa shape index (κ1) is 19.5. The van der Waals surface area contributed by atoms with Gasteiger partial charge in [0.2, 0.25) is 5.91 Å². The monoisotopic (exact) mass is 407 g/mol. The van der Waals surface area contributed by atoms with E-state index in [1.807, 2.05) is 0 Å². The smallest absolute Gasteiger partial charge is 0.315 e. The number of amides is 3. The number of fused-ring (bicyclic) bond motifs is 1. The summed E-state index contributed by atoms with van der Waals surface area (Å²) in [7, 11) is 0. The Morgan fingerprint density at radius 2 is 2.11 bits per heavy atom. The van der Waals surface area contributed by atoms with Crippen LogP contribution in [0.5, 0.6) is 0 Å². The van der Waals surface area contributed by atoms with Gasteiger partial charge < -0.3 is 16.0 Å². The predicted octanol–water partition coefficient (Wildman–Crippen LogP) is 4.26. The van der Waals surface area contributed by atoms with Crippen LogP contribution in [0, 0.1) is 12.7 Å². The van der Waals surface area contributed by atoms with E-state index >= 15 is 0 Å². The fourth-order valence-corrected chi connectivity index (χ4v) is 4.10. The van der Waals surface area contributed by atoms with Crippen molar-refractivity contribution in [2.45, 2.75) is 24.3 Å². The lowest BCUT2D eigenvalue weighted by Gasteiger charge is -2.26. The van der Waals surface area contributed by atoms with Crippen molar-refractivity contribution in [3.63, 3.8) is 0 Å². The normalized spacial score (nSPS) is 15.6. The Morgan fingerprint density at radius 3 is 2.93 bits per heavy atom. The summed E-state index contributed by atoms with van der Waals surface area (Å²) in [6.45, 7) is 1.62. The molecule has 0 saturated carbocycles. The number of rotatable bonds is 4. The van der Waals surface area contributed by atoms with Crippen molar-refractivity contribution < 1.29 is 14.0 Å². The number of anilines is 1. The molecule has 1 aliphatic rings. The molecule has 0 aliphatic carbocycles. The van der Waals surface area contributed by atoms with E-state index in [9.17, 15) is 14.0 Å². The molecule has 1 aliphatic heterocycles. The third kappa shape index (κ3) is 4.93. The van der Waals surface area contributed by atoms with Crippen molar-refractivity contribution in [2.75, 3.05) is 17.6 Å². The molecule has 0 fully saturated rings. The van der Waals surface area contributed by atoms with Crippen LogP contribution in [0.15, 0.2) is 41.3 Å². The van der Waals surface area contributed by atoms with Crippen LogP contribution in [0.1, 0.15) is 23.6 Å². The molecule has 3 N–H and O–H groups in total. The Hall–Kier alpha value is -2.25. The van der Waals surface area contributed by atoms with Gasteiger partial charge in [-0.3, -0.25) is 4.79 Å². The Morgan fingerprint density at radius 1 is 1.30 bits per heavy atom. The second kappa shape index (κ2) is 8.63. The molecule has 1 heterocycles. The Kier molecular flexibility index (Phi) is 6.23. The predicted molar refractivity (Wildman–Crippen MR) is 106 cm³/mol. The molecule has 0 aromatic heterocycles. The number of carbonyl (C=O) groups is 2. The van der Waals surface area contributed by atoms with Crippen molar-refractivity contribution >= 4 is 41.0 Å². The summed E-state index contributed by atoms with van der Waals surface area (Å²) in [5, 5.41) is 8.61. The van der Waals surface area contributed by atoms with Crippen LogP contribution in [0.4, 0.5) is 14.9 Å². The number of urea groups is 1. The van der Waals surface area contributed by atoms with Crippen molar-refractivity contribution in [1.82, 2.24) is 10.6 Å². The SMILES string of the molecule is Cc1c(Cl)cccc1NC(=O)CNC(=O)NC1CCSc2ccc(F)cc21. The second-order valence-corrected chi connectivity index (χ2v) is 7.70. The van der Waals surface area contributed by atoms with Crippen LogP contribution in [-0.4, -0.2) is 24.2 Å². The minimum Gasteiger partial charge on any atom is -0.331 e. The number of benzene rings is 2. The van der Waals surface area contributed by atoms with Gasteiger partial charge in [-0.1, -0.05) is 17.7 Å². The third-order valence-electron chi connectivity index (χ3n) is 4.27. The van der Waals surface area contributed by atoms with Gasteiger partial charge in [0, 0.05) is 21.4 Å². The fourth-order valence-electron chi connectivity index (χ4n) is 2.82. The molecule has 0 saturated heterocycles. The molecule has 1 atom stereocenters. The molecular formula is C19H19ClFN3O2S. The van der Waals surface area contributed by atoms with Gasteiger partial charge in [-0.25, -0.2) is 9.18 Å². The van der Waals surface area contributed by atoms with E-state index in [1.54, 1.807) is 43.0 Å². The number of nitrogens with one attached hydrogen (secondary N) is 3. The maximum Gasteiger partial charge on any atom is 0.315 e. The Balaban J connectivity index is 1.54. The highest BCUT2D eigenvalue weighted by molar-refractivity contribution is 7.99. The number of hydrogen-bond donors (Lipinski definition) is 3. The van der Waals surface area contributed by atoms with Gasteiger partial charge in [0.05, 0.1) is 12.6 Å². The highest BCUT2D eigenvalue weighted by Gasteiger charge is 2.23. The first-order chi connectivity index (χ1) is 12.9. The third-order valence-corrected chi connectivity index (χ3v) is 5.80. The van der Waals surface area contributed by atoms with Gasteiger partial charge in [-0.2, -0.15) is 0 Å². The van der Waals surface area contributed by atoms with Crippen molar-refractivity contribution in [3.05, 3.63) is 58.4 Å². The molecule has 3 amide bonds. The molecule has 142 valence electrons. The van der Waals surface area contributed by atoms with E-state index in [1.165, 1.54) is 12.1 Å². The van der Waals surface area contributed by atoms with Crippen molar-refractivity contribution in [2.24, 2.45) is 0 Å². The van der Waals surface area contributed by atoms with E-state index in [-0.39, 0.29) is 24.3 Å². The largest absolute Gasteiger partial charge is 0.331 e. The topological polar surface area (TPSA) is 70.2 Å². The van der Waals surface area contributed by atoms with Crippen LogP contribution >= 0.6 is 23.4 Å². The van der Waals surface area contributed by atoms with Crippen molar-refractivity contribution in [1.29, 1.82) is 0 Å². The van der Waals surface area contributed by atoms with E-state index in [0.29, 0.717) is 17.1 Å². The minimum atomic E-state index is -0.472. The first-order valence-electron chi connectivity index (χ1n) is 8.45. The van der Waals surface area contributed by atoms with Gasteiger partial charge in [0.1, 0.15) is 5.82 Å². The molecule has 27 heavy (non-hydrogen) atoms. The fraction of sp³-hybridized carbons (Fsp3) is 0.263. The van der Waals surface area contributed by atoms with Crippen LogP contribution in [0.25, 0.3) is 0 Å². The van der Waals surface area contributed by atoms with E-state index in [4.69, 9.17) is 11.6 Å². The average molecular weight is 408 g/mol. The molecule has 3 rings (SSSR count). The lowest BCUT2D eigenvalue weighted by Crippen LogP contribution is -2.42. The summed E-state index contributed by atoms with van der Waals surface area (Å²) in [5.74, 6) is 0.138. The molecule has 2 aromatic rings. The maximum atomic E-state index is 13.5. The summed E-state index contributed by atoms with van der Waals surface area (Å²) in [5.41, 5.74) is 2.12. The highest BCUT2D eigenvalue weighted by atomic mass is 35.5. The summed E-state index contributed by atoms with van der Waals surface area (Å²) >= 11 is 7.66. The molecule has 8 heteroatoms. The van der Waals surface area contributed by atoms with E-state index in [0.717, 1.165) is 21.8 Å². The van der Waals surface area contributed by atoms with Gasteiger partial charge in [-0.15, -0.1) is 11.8 Å². The molecule has 0 spiro atoms. The van der Waals surface area contributed by atoms with Crippen molar-refractivity contribution in [3.8, 4) is 0 Å². The standard InChI is InChI=1S/C19H19ClFN3O2S/c1-11-14(20)3-2-4-15(11)23-18(25)10-22-19(26)24-16-7-8-27-17-6-5-12(21)9-13(16)17/h2-6,9,16H,7-8,10H2,1H3,(H,23,25)(H2,22,24,26). The maximum absolute atomic E-state index is 13.5. The zero-order valence-electron chi connectivity index (χ0n) is 14.6. The lowest BCUT2D eigenvalue weighted by atomic mass is 10.0. The first-order valence-corrected chi connectivity index (χ1v) is 9.82. The quantitative estimate of drug-likeness (QED) is 0.709. The Labute approximate surface area is 166 Å². The molecule has 0 bridgehead atoms.